The summed E-state index contributed by atoms with van der Waals surface area (Å²) in [6.07, 6.45) is 2.29. The minimum atomic E-state index is -1.02. The van der Waals surface area contributed by atoms with Crippen LogP contribution in [0.25, 0.3) is 0 Å². The van der Waals surface area contributed by atoms with Crippen LogP contribution < -0.4 is 0 Å². The van der Waals surface area contributed by atoms with Gasteiger partial charge in [0.1, 0.15) is 0 Å². The SMILES string of the molecule is CN(CCc1ccccn1)C(=O)c1ccc(F)c(F)c1. The van der Waals surface area contributed by atoms with Gasteiger partial charge in [-0.3, -0.25) is 9.78 Å². The second kappa shape index (κ2) is 6.23. The van der Waals surface area contributed by atoms with Crippen molar-refractivity contribution in [3.05, 3.63) is 65.5 Å². The molecule has 3 nitrogen and oxygen atoms in total. The zero-order valence-electron chi connectivity index (χ0n) is 11.0. The Morgan fingerprint density at radius 3 is 2.65 bits per heavy atom. The average Bonchev–Trinajstić information content (AvgIpc) is 2.48. The van der Waals surface area contributed by atoms with Crippen molar-refractivity contribution in [1.29, 1.82) is 0 Å². The van der Waals surface area contributed by atoms with Gasteiger partial charge < -0.3 is 4.90 Å². The predicted octanol–water partition coefficient (Wildman–Crippen LogP) is 2.67. The zero-order chi connectivity index (χ0) is 14.5. The maximum Gasteiger partial charge on any atom is 0.253 e. The second-order valence-corrected chi connectivity index (χ2v) is 4.43. The molecular weight excluding hydrogens is 262 g/mol. The van der Waals surface area contributed by atoms with E-state index in [0.717, 1.165) is 17.8 Å². The number of carbonyl (C=O) groups is 1. The van der Waals surface area contributed by atoms with Crippen molar-refractivity contribution >= 4 is 5.91 Å². The Hall–Kier alpha value is -2.30. The van der Waals surface area contributed by atoms with Gasteiger partial charge in [0, 0.05) is 37.5 Å². The molecule has 0 aliphatic heterocycles. The van der Waals surface area contributed by atoms with Crippen molar-refractivity contribution < 1.29 is 13.6 Å². The van der Waals surface area contributed by atoms with Gasteiger partial charge in [-0.15, -0.1) is 0 Å². The topological polar surface area (TPSA) is 33.2 Å². The van der Waals surface area contributed by atoms with Crippen LogP contribution in [0.5, 0.6) is 0 Å². The van der Waals surface area contributed by atoms with Crippen molar-refractivity contribution in [3.63, 3.8) is 0 Å². The molecule has 0 saturated heterocycles. The standard InChI is InChI=1S/C15H14F2N2O/c1-19(9-7-12-4-2-3-8-18-12)15(20)11-5-6-13(16)14(17)10-11/h2-6,8,10H,7,9H2,1H3. The van der Waals surface area contributed by atoms with E-state index in [0.29, 0.717) is 13.0 Å². The first-order valence-corrected chi connectivity index (χ1v) is 6.18. The summed E-state index contributed by atoms with van der Waals surface area (Å²) in [6, 6.07) is 8.71. The lowest BCUT2D eigenvalue weighted by Crippen LogP contribution is -2.29. The van der Waals surface area contributed by atoms with Gasteiger partial charge in [-0.2, -0.15) is 0 Å². The number of hydrogen-bond donors (Lipinski definition) is 0. The lowest BCUT2D eigenvalue weighted by molar-refractivity contribution is 0.0795. The number of carbonyl (C=O) groups excluding carboxylic acids is 1. The lowest BCUT2D eigenvalue weighted by atomic mass is 10.2. The Labute approximate surface area is 115 Å². The smallest absolute Gasteiger partial charge is 0.253 e. The van der Waals surface area contributed by atoms with Gasteiger partial charge in [-0.25, -0.2) is 8.78 Å². The molecule has 0 atom stereocenters. The summed E-state index contributed by atoms with van der Waals surface area (Å²) in [5.41, 5.74) is 1.00. The molecule has 0 saturated carbocycles. The highest BCUT2D eigenvalue weighted by molar-refractivity contribution is 5.94. The van der Waals surface area contributed by atoms with Gasteiger partial charge in [-0.05, 0) is 30.3 Å². The van der Waals surface area contributed by atoms with Crippen LogP contribution in [0.15, 0.2) is 42.6 Å². The number of rotatable bonds is 4. The van der Waals surface area contributed by atoms with E-state index >= 15 is 0 Å². The molecule has 1 heterocycles. The van der Waals surface area contributed by atoms with E-state index in [1.807, 2.05) is 18.2 Å². The Morgan fingerprint density at radius 2 is 2.00 bits per heavy atom. The molecule has 0 N–H and O–H groups in total. The van der Waals surface area contributed by atoms with Gasteiger partial charge in [0.05, 0.1) is 0 Å². The van der Waals surface area contributed by atoms with Crippen LogP contribution in [0.4, 0.5) is 8.78 Å². The third-order valence-electron chi connectivity index (χ3n) is 2.94. The summed E-state index contributed by atoms with van der Waals surface area (Å²) in [4.78, 5) is 17.7. The van der Waals surface area contributed by atoms with Gasteiger partial charge in [0.2, 0.25) is 0 Å². The van der Waals surface area contributed by atoms with Gasteiger partial charge in [-0.1, -0.05) is 6.07 Å². The number of hydrogen-bond acceptors (Lipinski definition) is 2. The molecule has 0 aliphatic rings. The van der Waals surface area contributed by atoms with Crippen LogP contribution >= 0.6 is 0 Å². The third kappa shape index (κ3) is 3.38. The number of benzene rings is 1. The van der Waals surface area contributed by atoms with Crippen molar-refractivity contribution in [1.82, 2.24) is 9.88 Å². The molecule has 1 aromatic carbocycles. The molecule has 1 aromatic heterocycles. The fourth-order valence-corrected chi connectivity index (χ4v) is 1.78. The fraction of sp³-hybridized carbons (Fsp3) is 0.200. The first kappa shape index (κ1) is 14.1. The van der Waals surface area contributed by atoms with Crippen LogP contribution in [-0.4, -0.2) is 29.4 Å². The number of pyridine rings is 1. The maximum atomic E-state index is 13.1. The first-order valence-electron chi connectivity index (χ1n) is 6.18. The molecule has 5 heteroatoms. The number of aromatic nitrogens is 1. The first-order chi connectivity index (χ1) is 9.58. The van der Waals surface area contributed by atoms with Gasteiger partial charge in [0.25, 0.3) is 5.91 Å². The molecule has 0 radical (unpaired) electrons. The van der Waals surface area contributed by atoms with Crippen LogP contribution in [0.1, 0.15) is 16.1 Å². The predicted molar refractivity (Wildman–Crippen MR) is 71.3 cm³/mol. The summed E-state index contributed by atoms with van der Waals surface area (Å²) in [5.74, 6) is -2.33. The van der Waals surface area contributed by atoms with Crippen LogP contribution in [0.2, 0.25) is 0 Å². The number of amides is 1. The van der Waals surface area contributed by atoms with Gasteiger partial charge >= 0.3 is 0 Å². The minimum absolute atomic E-state index is 0.132. The van der Waals surface area contributed by atoms with Crippen molar-refractivity contribution in [2.24, 2.45) is 0 Å². The Morgan fingerprint density at radius 1 is 1.20 bits per heavy atom. The highest BCUT2D eigenvalue weighted by Crippen LogP contribution is 2.11. The monoisotopic (exact) mass is 276 g/mol. The van der Waals surface area contributed by atoms with E-state index in [1.54, 1.807) is 13.2 Å². The largest absolute Gasteiger partial charge is 0.341 e. The maximum absolute atomic E-state index is 13.1. The zero-order valence-corrected chi connectivity index (χ0v) is 11.0. The molecule has 0 unspecified atom stereocenters. The number of likely N-dealkylation sites (N-methyl/N-ethyl adjacent to an activating group) is 1. The summed E-state index contributed by atoms with van der Waals surface area (Å²) < 4.78 is 25.9. The summed E-state index contributed by atoms with van der Waals surface area (Å²) in [7, 11) is 1.62. The molecule has 0 fully saturated rings. The average molecular weight is 276 g/mol. The van der Waals surface area contributed by atoms with Crippen molar-refractivity contribution in [2.75, 3.05) is 13.6 Å². The summed E-state index contributed by atoms with van der Waals surface area (Å²) >= 11 is 0. The molecule has 0 spiro atoms. The lowest BCUT2D eigenvalue weighted by Gasteiger charge is -2.17. The number of nitrogens with zero attached hydrogens (tertiary/aromatic N) is 2. The van der Waals surface area contributed by atoms with E-state index in [4.69, 9.17) is 0 Å². The molecule has 20 heavy (non-hydrogen) atoms. The summed E-state index contributed by atoms with van der Waals surface area (Å²) in [5, 5.41) is 0. The molecule has 2 aromatic rings. The fourth-order valence-electron chi connectivity index (χ4n) is 1.78. The van der Waals surface area contributed by atoms with Crippen molar-refractivity contribution in [2.45, 2.75) is 6.42 Å². The van der Waals surface area contributed by atoms with Gasteiger partial charge in [0.15, 0.2) is 11.6 Å². The van der Waals surface area contributed by atoms with Crippen LogP contribution in [0.3, 0.4) is 0 Å². The molecule has 0 bridgehead atoms. The normalized spacial score (nSPS) is 10.3. The second-order valence-electron chi connectivity index (χ2n) is 4.43. The van der Waals surface area contributed by atoms with E-state index in [1.165, 1.54) is 11.0 Å². The van der Waals surface area contributed by atoms with E-state index < -0.39 is 11.6 Å². The molecule has 104 valence electrons. The van der Waals surface area contributed by atoms with E-state index in [-0.39, 0.29) is 11.5 Å². The highest BCUT2D eigenvalue weighted by atomic mass is 19.2. The van der Waals surface area contributed by atoms with E-state index in [9.17, 15) is 13.6 Å². The minimum Gasteiger partial charge on any atom is -0.341 e. The Bertz CT molecular complexity index is 602. The Kier molecular flexibility index (Phi) is 4.40. The van der Waals surface area contributed by atoms with Crippen LogP contribution in [0, 0.1) is 11.6 Å². The van der Waals surface area contributed by atoms with E-state index in [2.05, 4.69) is 4.98 Å². The molecular formula is C15H14F2N2O. The van der Waals surface area contributed by atoms with Crippen LogP contribution in [-0.2, 0) is 6.42 Å². The Balaban J connectivity index is 1.99. The quantitative estimate of drug-likeness (QED) is 0.860. The highest BCUT2D eigenvalue weighted by Gasteiger charge is 2.14. The molecule has 2 rings (SSSR count). The third-order valence-corrected chi connectivity index (χ3v) is 2.94. The molecule has 1 amide bonds. The number of halogens is 2. The van der Waals surface area contributed by atoms with Crippen molar-refractivity contribution in [3.8, 4) is 0 Å². The molecule has 0 aliphatic carbocycles. The summed E-state index contributed by atoms with van der Waals surface area (Å²) in [6.45, 7) is 0.453.